The van der Waals surface area contributed by atoms with Gasteiger partial charge in [-0.15, -0.1) is 12.4 Å². The first-order chi connectivity index (χ1) is 10.5. The van der Waals surface area contributed by atoms with E-state index in [2.05, 4.69) is 0 Å². The second kappa shape index (κ2) is 8.24. The van der Waals surface area contributed by atoms with Crippen molar-refractivity contribution in [2.75, 3.05) is 32.2 Å². The number of amides is 2. The van der Waals surface area contributed by atoms with Gasteiger partial charge in [-0.05, 0) is 18.6 Å². The third-order valence-electron chi connectivity index (χ3n) is 3.80. The van der Waals surface area contributed by atoms with Crippen LogP contribution in [0.1, 0.15) is 6.42 Å². The number of benzene rings is 1. The van der Waals surface area contributed by atoms with Crippen LogP contribution in [-0.4, -0.2) is 56.1 Å². The molecule has 8 heteroatoms. The van der Waals surface area contributed by atoms with Crippen LogP contribution in [0.4, 0.5) is 10.1 Å². The highest BCUT2D eigenvalue weighted by Gasteiger charge is 2.38. The monoisotopic (exact) mass is 345 g/mol. The highest BCUT2D eigenvalue weighted by molar-refractivity contribution is 6.01. The van der Waals surface area contributed by atoms with Gasteiger partial charge in [0.2, 0.25) is 11.8 Å². The van der Waals surface area contributed by atoms with Gasteiger partial charge < -0.3 is 20.3 Å². The molecule has 0 radical (unpaired) electrons. The molecule has 0 spiro atoms. The number of nitrogens with zero attached hydrogens (tertiary/aromatic N) is 2. The Bertz CT molecular complexity index is 573. The number of para-hydroxylation sites is 1. The lowest BCUT2D eigenvalue weighted by atomic mass is 10.2. The fraction of sp³-hybridized carbons (Fsp3) is 0.467. The molecule has 2 unspecified atom stereocenters. The summed E-state index contributed by atoms with van der Waals surface area (Å²) >= 11 is 0. The summed E-state index contributed by atoms with van der Waals surface area (Å²) in [5.41, 5.74) is 5.94. The number of rotatable bonds is 5. The van der Waals surface area contributed by atoms with E-state index in [0.717, 1.165) is 0 Å². The summed E-state index contributed by atoms with van der Waals surface area (Å²) in [6.07, 6.45) is 0.440. The molecular formula is C15H21ClFN3O3. The Morgan fingerprint density at radius 3 is 2.78 bits per heavy atom. The van der Waals surface area contributed by atoms with Crippen LogP contribution in [0.2, 0.25) is 0 Å². The third-order valence-corrected chi connectivity index (χ3v) is 3.80. The average Bonchev–Trinajstić information content (AvgIpc) is 2.88. The molecule has 6 nitrogen and oxygen atoms in total. The fourth-order valence-corrected chi connectivity index (χ4v) is 2.60. The molecule has 2 amide bonds. The zero-order chi connectivity index (χ0) is 16.3. The Labute approximate surface area is 140 Å². The molecule has 0 saturated carbocycles. The number of ether oxygens (including phenoxy) is 1. The first-order valence-corrected chi connectivity index (χ1v) is 7.04. The number of anilines is 1. The first-order valence-electron chi connectivity index (χ1n) is 7.04. The highest BCUT2D eigenvalue weighted by Crippen LogP contribution is 2.26. The topological polar surface area (TPSA) is 75.9 Å². The maximum Gasteiger partial charge on any atom is 0.249 e. The molecule has 0 bridgehead atoms. The lowest BCUT2D eigenvalue weighted by Crippen LogP contribution is -2.50. The van der Waals surface area contributed by atoms with Crippen molar-refractivity contribution in [1.29, 1.82) is 0 Å². The van der Waals surface area contributed by atoms with Gasteiger partial charge in [0.05, 0.1) is 12.3 Å². The highest BCUT2D eigenvalue weighted by atomic mass is 35.5. The summed E-state index contributed by atoms with van der Waals surface area (Å²) in [4.78, 5) is 27.3. The predicted molar refractivity (Wildman–Crippen MR) is 87.0 cm³/mol. The summed E-state index contributed by atoms with van der Waals surface area (Å²) in [6.45, 7) is 0.447. The number of nitrogens with two attached hydrogens (primary N) is 1. The van der Waals surface area contributed by atoms with Gasteiger partial charge in [-0.25, -0.2) is 4.39 Å². The van der Waals surface area contributed by atoms with E-state index in [1.54, 1.807) is 18.2 Å². The SMILES string of the molecule is COCC(N)C(=O)N(C)C1CCN(c2ccccc2F)C1=O.Cl. The summed E-state index contributed by atoms with van der Waals surface area (Å²) in [5.74, 6) is -1.12. The van der Waals surface area contributed by atoms with Crippen LogP contribution in [0.3, 0.4) is 0 Å². The fourth-order valence-electron chi connectivity index (χ4n) is 2.60. The normalized spacial score (nSPS) is 18.5. The van der Waals surface area contributed by atoms with E-state index in [0.29, 0.717) is 13.0 Å². The maximum atomic E-state index is 13.8. The summed E-state index contributed by atoms with van der Waals surface area (Å²) < 4.78 is 18.7. The molecule has 0 aromatic heterocycles. The largest absolute Gasteiger partial charge is 0.383 e. The Morgan fingerprint density at radius 2 is 2.17 bits per heavy atom. The Hall–Kier alpha value is -1.70. The van der Waals surface area contributed by atoms with E-state index < -0.39 is 17.9 Å². The van der Waals surface area contributed by atoms with Gasteiger partial charge in [0.1, 0.15) is 17.9 Å². The molecule has 0 aliphatic carbocycles. The Kier molecular flexibility index (Phi) is 6.93. The number of halogens is 2. The number of methoxy groups -OCH3 is 1. The molecule has 1 saturated heterocycles. The molecule has 1 aliphatic rings. The molecular weight excluding hydrogens is 325 g/mol. The van der Waals surface area contributed by atoms with Gasteiger partial charge in [-0.3, -0.25) is 9.59 Å². The van der Waals surface area contributed by atoms with Crippen molar-refractivity contribution >= 4 is 29.9 Å². The van der Waals surface area contributed by atoms with Crippen molar-refractivity contribution < 1.29 is 18.7 Å². The maximum absolute atomic E-state index is 13.8. The second-order valence-corrected chi connectivity index (χ2v) is 5.26. The number of hydrogen-bond acceptors (Lipinski definition) is 4. The summed E-state index contributed by atoms with van der Waals surface area (Å²) in [5, 5.41) is 0. The van der Waals surface area contributed by atoms with E-state index in [9.17, 15) is 14.0 Å². The molecule has 1 aromatic carbocycles. The van der Waals surface area contributed by atoms with Gasteiger partial charge in [-0.2, -0.15) is 0 Å². The van der Waals surface area contributed by atoms with Crippen LogP contribution in [0.25, 0.3) is 0 Å². The van der Waals surface area contributed by atoms with Gasteiger partial charge in [0, 0.05) is 20.7 Å². The molecule has 1 fully saturated rings. The summed E-state index contributed by atoms with van der Waals surface area (Å²) in [7, 11) is 2.99. The lowest BCUT2D eigenvalue weighted by Gasteiger charge is -2.26. The van der Waals surface area contributed by atoms with E-state index in [-0.39, 0.29) is 36.5 Å². The van der Waals surface area contributed by atoms with E-state index in [1.807, 2.05) is 0 Å². The van der Waals surface area contributed by atoms with Crippen molar-refractivity contribution in [2.24, 2.45) is 5.73 Å². The van der Waals surface area contributed by atoms with Crippen molar-refractivity contribution in [2.45, 2.75) is 18.5 Å². The predicted octanol–water partition coefficient (Wildman–Crippen LogP) is 0.785. The van der Waals surface area contributed by atoms with Crippen molar-refractivity contribution in [3.05, 3.63) is 30.1 Å². The van der Waals surface area contributed by atoms with Gasteiger partial charge >= 0.3 is 0 Å². The summed E-state index contributed by atoms with van der Waals surface area (Å²) in [6, 6.07) is 4.65. The molecule has 2 N–H and O–H groups in total. The Morgan fingerprint density at radius 1 is 1.52 bits per heavy atom. The standard InChI is InChI=1S/C15H20FN3O3.ClH/c1-18(14(20)11(17)9-22-2)13-7-8-19(15(13)21)12-6-4-3-5-10(12)16;/h3-6,11,13H,7-9,17H2,1-2H3;1H. The zero-order valence-corrected chi connectivity index (χ0v) is 13.9. The second-order valence-electron chi connectivity index (χ2n) is 5.26. The lowest BCUT2D eigenvalue weighted by molar-refractivity contribution is -0.138. The van der Waals surface area contributed by atoms with Crippen LogP contribution in [0.15, 0.2) is 24.3 Å². The van der Waals surface area contributed by atoms with Crippen molar-refractivity contribution in [3.8, 4) is 0 Å². The molecule has 1 aliphatic heterocycles. The van der Waals surface area contributed by atoms with Gasteiger partial charge in [-0.1, -0.05) is 12.1 Å². The van der Waals surface area contributed by atoms with Gasteiger partial charge in [0.25, 0.3) is 0 Å². The smallest absolute Gasteiger partial charge is 0.249 e. The Balaban J connectivity index is 0.00000264. The molecule has 1 aromatic rings. The first kappa shape index (κ1) is 19.3. The zero-order valence-electron chi connectivity index (χ0n) is 13.1. The van der Waals surface area contributed by atoms with Crippen molar-refractivity contribution in [1.82, 2.24) is 4.90 Å². The number of hydrogen-bond donors (Lipinski definition) is 1. The number of carbonyl (C=O) groups is 2. The molecule has 23 heavy (non-hydrogen) atoms. The number of carbonyl (C=O) groups excluding carboxylic acids is 2. The van der Waals surface area contributed by atoms with E-state index in [1.165, 1.54) is 30.0 Å². The minimum absolute atomic E-state index is 0. The molecule has 2 rings (SSSR count). The minimum Gasteiger partial charge on any atom is -0.383 e. The van der Waals surface area contributed by atoms with Crippen molar-refractivity contribution in [3.63, 3.8) is 0 Å². The van der Waals surface area contributed by atoms with Crippen LogP contribution in [0.5, 0.6) is 0 Å². The third kappa shape index (κ3) is 3.99. The van der Waals surface area contributed by atoms with Gasteiger partial charge in [0.15, 0.2) is 0 Å². The van der Waals surface area contributed by atoms with E-state index >= 15 is 0 Å². The molecule has 2 atom stereocenters. The number of likely N-dealkylation sites (N-methyl/N-ethyl adjacent to an activating group) is 1. The quantitative estimate of drug-likeness (QED) is 0.856. The van der Waals surface area contributed by atoms with Crippen LogP contribution in [0, 0.1) is 5.82 Å². The molecule has 128 valence electrons. The molecule has 1 heterocycles. The average molecular weight is 346 g/mol. The van der Waals surface area contributed by atoms with E-state index in [4.69, 9.17) is 10.5 Å². The van der Waals surface area contributed by atoms with Crippen LogP contribution < -0.4 is 10.6 Å². The minimum atomic E-state index is -0.815. The van der Waals surface area contributed by atoms with Crippen LogP contribution in [-0.2, 0) is 14.3 Å². The van der Waals surface area contributed by atoms with Crippen LogP contribution >= 0.6 is 12.4 Å².